The summed E-state index contributed by atoms with van der Waals surface area (Å²) in [6.45, 7) is 9.39. The first-order valence-electron chi connectivity index (χ1n) is 19.4. The minimum absolute atomic E-state index is 0.200. The Labute approximate surface area is 329 Å². The van der Waals surface area contributed by atoms with Gasteiger partial charge in [0.1, 0.15) is 0 Å². The van der Waals surface area contributed by atoms with Gasteiger partial charge in [-0.05, 0) is 88.0 Å². The van der Waals surface area contributed by atoms with Gasteiger partial charge in [0.25, 0.3) is 0 Å². The monoisotopic (exact) mass is 722 g/mol. The van der Waals surface area contributed by atoms with Gasteiger partial charge in [0, 0.05) is 27.6 Å². The highest BCUT2D eigenvalue weighted by Gasteiger charge is 2.39. The molecule has 0 spiro atoms. The lowest BCUT2D eigenvalue weighted by Crippen LogP contribution is -2.31. The summed E-state index contributed by atoms with van der Waals surface area (Å²) in [7, 11) is 0. The molecule has 1 aromatic heterocycles. The predicted molar refractivity (Wildman–Crippen MR) is 232 cm³/mol. The number of nitrogens with zero attached hydrogens (tertiary/aromatic N) is 4. The number of rotatable bonds is 5. The van der Waals surface area contributed by atoms with E-state index >= 15 is 0 Å². The lowest BCUT2D eigenvalue weighted by Gasteiger charge is -2.42. The van der Waals surface area contributed by atoms with Crippen molar-refractivity contribution in [2.45, 2.75) is 38.5 Å². The van der Waals surface area contributed by atoms with Crippen LogP contribution in [0.1, 0.15) is 49.9 Å². The van der Waals surface area contributed by atoms with Gasteiger partial charge in [-0.25, -0.2) is 9.97 Å². The molecule has 4 heteroatoms. The van der Waals surface area contributed by atoms with Gasteiger partial charge in [-0.1, -0.05) is 155 Å². The number of para-hydroxylation sites is 3. The molecule has 0 bridgehead atoms. The van der Waals surface area contributed by atoms with Gasteiger partial charge in [-0.15, -0.1) is 0 Å². The van der Waals surface area contributed by atoms with E-state index in [2.05, 4.69) is 207 Å². The summed E-state index contributed by atoms with van der Waals surface area (Å²) in [5.41, 5.74) is 16.7. The van der Waals surface area contributed by atoms with Crippen LogP contribution in [0.15, 0.2) is 182 Å². The second-order valence-corrected chi connectivity index (χ2v) is 15.9. The maximum absolute atomic E-state index is 5.30. The zero-order valence-corrected chi connectivity index (χ0v) is 32.1. The zero-order chi connectivity index (χ0) is 38.0. The molecule has 0 saturated heterocycles. The van der Waals surface area contributed by atoms with Crippen molar-refractivity contribution in [2.24, 2.45) is 0 Å². The molecule has 7 aromatic carbocycles. The molecule has 0 unspecified atom stereocenters. The van der Waals surface area contributed by atoms with Gasteiger partial charge < -0.3 is 4.90 Å². The van der Waals surface area contributed by atoms with Crippen molar-refractivity contribution in [3.8, 4) is 33.6 Å². The third-order valence-electron chi connectivity index (χ3n) is 11.9. The molecule has 8 aromatic rings. The Morgan fingerprint density at radius 2 is 0.732 bits per heavy atom. The van der Waals surface area contributed by atoms with Gasteiger partial charge in [-0.3, -0.25) is 4.90 Å². The SMILES string of the molecule is CC1(C)c2ccccc2N(c2ccccc2)c2ccc(-c3ccc4c(c3)C(C)(C)c3ccccc3N4c3nc(-c4ccccc4)cc(-c4ccccc4)n3)cc21. The fourth-order valence-corrected chi connectivity index (χ4v) is 8.89. The molecule has 3 heterocycles. The van der Waals surface area contributed by atoms with E-state index in [4.69, 9.17) is 9.97 Å². The van der Waals surface area contributed by atoms with Crippen LogP contribution in [-0.2, 0) is 10.8 Å². The van der Waals surface area contributed by atoms with Gasteiger partial charge >= 0.3 is 0 Å². The van der Waals surface area contributed by atoms with E-state index in [0.29, 0.717) is 5.95 Å². The number of fused-ring (bicyclic) bond motifs is 4. The number of benzene rings is 7. The van der Waals surface area contributed by atoms with Crippen LogP contribution in [0.3, 0.4) is 0 Å². The smallest absolute Gasteiger partial charge is 0.235 e. The van der Waals surface area contributed by atoms with Gasteiger partial charge in [0.2, 0.25) is 5.95 Å². The van der Waals surface area contributed by atoms with E-state index in [9.17, 15) is 0 Å². The topological polar surface area (TPSA) is 32.3 Å². The van der Waals surface area contributed by atoms with Crippen LogP contribution in [0.4, 0.5) is 34.4 Å². The molecule has 0 fully saturated rings. The van der Waals surface area contributed by atoms with Crippen LogP contribution < -0.4 is 9.80 Å². The van der Waals surface area contributed by atoms with Crippen molar-refractivity contribution < 1.29 is 0 Å². The molecular formula is C52H42N4. The second-order valence-electron chi connectivity index (χ2n) is 15.9. The van der Waals surface area contributed by atoms with Crippen molar-refractivity contribution in [3.05, 3.63) is 204 Å². The normalized spacial score (nSPS) is 14.6. The van der Waals surface area contributed by atoms with Crippen LogP contribution in [-0.4, -0.2) is 9.97 Å². The average Bonchev–Trinajstić information content (AvgIpc) is 3.25. The van der Waals surface area contributed by atoms with Crippen LogP contribution in [0, 0.1) is 0 Å². The predicted octanol–water partition coefficient (Wildman–Crippen LogP) is 13.7. The fraction of sp³-hybridized carbons (Fsp3) is 0.115. The third kappa shape index (κ3) is 5.36. The van der Waals surface area contributed by atoms with E-state index in [0.717, 1.165) is 39.6 Å². The summed E-state index contributed by atoms with van der Waals surface area (Å²) < 4.78 is 0. The van der Waals surface area contributed by atoms with E-state index in [1.807, 2.05) is 12.1 Å². The Balaban J connectivity index is 1.14. The van der Waals surface area contributed by atoms with E-state index in [1.54, 1.807) is 0 Å². The lowest BCUT2D eigenvalue weighted by molar-refractivity contribution is 0.630. The Bertz CT molecular complexity index is 2700. The Kier molecular flexibility index (Phi) is 7.79. The quantitative estimate of drug-likeness (QED) is 0.177. The first kappa shape index (κ1) is 33.8. The molecule has 2 aliphatic rings. The minimum atomic E-state index is -0.283. The summed E-state index contributed by atoms with van der Waals surface area (Å²) >= 11 is 0. The second kappa shape index (κ2) is 12.9. The van der Waals surface area contributed by atoms with E-state index in [1.165, 1.54) is 44.8 Å². The summed E-state index contributed by atoms with van der Waals surface area (Å²) in [6, 6.07) is 65.2. The number of aromatic nitrogens is 2. The van der Waals surface area contributed by atoms with Crippen molar-refractivity contribution in [3.63, 3.8) is 0 Å². The first-order chi connectivity index (χ1) is 27.3. The maximum atomic E-state index is 5.30. The Morgan fingerprint density at radius 1 is 0.339 bits per heavy atom. The molecule has 0 N–H and O–H groups in total. The van der Waals surface area contributed by atoms with Gasteiger partial charge in [-0.2, -0.15) is 0 Å². The highest BCUT2D eigenvalue weighted by Crippen LogP contribution is 2.55. The minimum Gasteiger partial charge on any atom is -0.310 e. The van der Waals surface area contributed by atoms with Gasteiger partial charge in [0.05, 0.1) is 34.1 Å². The van der Waals surface area contributed by atoms with Crippen molar-refractivity contribution >= 4 is 34.4 Å². The van der Waals surface area contributed by atoms with Gasteiger partial charge in [0.15, 0.2) is 0 Å². The molecule has 10 rings (SSSR count). The molecule has 2 aliphatic heterocycles. The number of hydrogen-bond donors (Lipinski definition) is 0. The van der Waals surface area contributed by atoms with E-state index in [-0.39, 0.29) is 10.8 Å². The average molecular weight is 723 g/mol. The molecule has 0 atom stereocenters. The summed E-state index contributed by atoms with van der Waals surface area (Å²) in [6.07, 6.45) is 0. The molecule has 56 heavy (non-hydrogen) atoms. The van der Waals surface area contributed by atoms with Crippen LogP contribution in [0.5, 0.6) is 0 Å². The third-order valence-corrected chi connectivity index (χ3v) is 11.9. The van der Waals surface area contributed by atoms with E-state index < -0.39 is 0 Å². The van der Waals surface area contributed by atoms with Crippen molar-refractivity contribution in [2.75, 3.05) is 9.80 Å². The molecule has 0 saturated carbocycles. The molecule has 4 nitrogen and oxygen atoms in total. The largest absolute Gasteiger partial charge is 0.310 e. The first-order valence-corrected chi connectivity index (χ1v) is 19.4. The highest BCUT2D eigenvalue weighted by atomic mass is 15.3. The van der Waals surface area contributed by atoms with Crippen LogP contribution >= 0.6 is 0 Å². The summed E-state index contributed by atoms with van der Waals surface area (Å²) in [5, 5.41) is 0. The Hall–Kier alpha value is -6.78. The molecular weight excluding hydrogens is 681 g/mol. The summed E-state index contributed by atoms with van der Waals surface area (Å²) in [4.78, 5) is 15.3. The zero-order valence-electron chi connectivity index (χ0n) is 32.1. The molecule has 0 radical (unpaired) electrons. The van der Waals surface area contributed by atoms with Crippen molar-refractivity contribution in [1.82, 2.24) is 9.97 Å². The highest BCUT2D eigenvalue weighted by molar-refractivity contribution is 5.90. The number of anilines is 6. The van der Waals surface area contributed by atoms with Crippen LogP contribution in [0.25, 0.3) is 33.6 Å². The maximum Gasteiger partial charge on any atom is 0.235 e. The fourth-order valence-electron chi connectivity index (χ4n) is 8.89. The molecule has 0 aliphatic carbocycles. The van der Waals surface area contributed by atoms with Crippen molar-refractivity contribution in [1.29, 1.82) is 0 Å². The summed E-state index contributed by atoms with van der Waals surface area (Å²) in [5.74, 6) is 0.650. The standard InChI is InChI=1S/C52H42N4/c1-51(2)40-24-14-16-26-46(40)55(39-22-12-7-13-23-39)48-30-28-37(32-42(48)51)38-29-31-49-43(33-38)52(3,4)41-25-15-17-27-47(41)56(49)50-53-44(35-18-8-5-9-19-35)34-45(54-50)36-20-10-6-11-21-36/h5-34H,1-4H3. The number of hydrogen-bond acceptors (Lipinski definition) is 4. The molecule has 0 amide bonds. The lowest BCUT2D eigenvalue weighted by atomic mass is 9.72. The Morgan fingerprint density at radius 3 is 1.23 bits per heavy atom. The molecule has 270 valence electrons. The van der Waals surface area contributed by atoms with Crippen LogP contribution in [0.2, 0.25) is 0 Å².